The third-order valence-corrected chi connectivity index (χ3v) is 8.01. The number of halogens is 1. The Morgan fingerprint density at radius 3 is 2.71 bits per heavy atom. The van der Waals surface area contributed by atoms with Crippen LogP contribution in [0.3, 0.4) is 0 Å². The first-order chi connectivity index (χ1) is 20.5. The fraction of sp³-hybridized carbons (Fsp3) is 0.281. The van der Waals surface area contributed by atoms with E-state index in [1.54, 1.807) is 30.7 Å². The van der Waals surface area contributed by atoms with E-state index in [-0.39, 0.29) is 5.82 Å². The van der Waals surface area contributed by atoms with Crippen LogP contribution in [0.2, 0.25) is 0 Å². The van der Waals surface area contributed by atoms with Gasteiger partial charge in [0.1, 0.15) is 11.5 Å². The third kappa shape index (κ3) is 5.09. The van der Waals surface area contributed by atoms with Gasteiger partial charge in [-0.05, 0) is 86.8 Å². The summed E-state index contributed by atoms with van der Waals surface area (Å²) in [6, 6.07) is 11.3. The normalized spacial score (nSPS) is 13.9. The number of rotatable bonds is 8. The van der Waals surface area contributed by atoms with Crippen LogP contribution in [0.4, 0.5) is 10.1 Å². The third-order valence-electron chi connectivity index (χ3n) is 8.01. The second-order valence-electron chi connectivity index (χ2n) is 11.2. The number of benzene rings is 1. The number of hydrogen-bond acceptors (Lipinski definition) is 7. The van der Waals surface area contributed by atoms with Crippen molar-refractivity contribution < 1.29 is 4.39 Å². The molecule has 6 aromatic rings. The molecule has 6 heterocycles. The highest BCUT2D eigenvalue weighted by Gasteiger charge is 2.18. The topological polar surface area (TPSA) is 103 Å². The van der Waals surface area contributed by atoms with Gasteiger partial charge in [-0.3, -0.25) is 15.1 Å². The van der Waals surface area contributed by atoms with Crippen molar-refractivity contribution in [2.24, 2.45) is 0 Å². The largest absolute Gasteiger partial charge is 0.376 e. The van der Waals surface area contributed by atoms with E-state index in [1.165, 1.54) is 25.9 Å². The second-order valence-corrected chi connectivity index (χ2v) is 11.2. The van der Waals surface area contributed by atoms with Gasteiger partial charge in [-0.2, -0.15) is 5.10 Å². The lowest BCUT2D eigenvalue weighted by molar-refractivity contribution is 0.334. The number of aryl methyl sites for hydroxylation is 1. The van der Waals surface area contributed by atoms with Crippen LogP contribution in [-0.2, 0) is 6.42 Å². The molecule has 212 valence electrons. The quantitative estimate of drug-likeness (QED) is 0.240. The average molecular weight is 562 g/mol. The lowest BCUT2D eigenvalue weighted by Gasteiger charge is -2.14. The first-order valence-corrected chi connectivity index (χ1v) is 14.4. The van der Waals surface area contributed by atoms with E-state index in [2.05, 4.69) is 47.2 Å². The molecule has 0 atom stereocenters. The van der Waals surface area contributed by atoms with Crippen LogP contribution >= 0.6 is 0 Å². The number of hydrogen-bond donors (Lipinski definition) is 2. The molecule has 10 heteroatoms. The molecule has 0 saturated carbocycles. The van der Waals surface area contributed by atoms with Gasteiger partial charge in [-0.25, -0.2) is 14.4 Å². The zero-order chi connectivity index (χ0) is 28.6. The summed E-state index contributed by atoms with van der Waals surface area (Å²) in [6.07, 6.45) is 11.5. The van der Waals surface area contributed by atoms with Gasteiger partial charge >= 0.3 is 0 Å². The highest BCUT2D eigenvalue weighted by molar-refractivity contribution is 5.96. The molecule has 1 aliphatic rings. The van der Waals surface area contributed by atoms with Crippen molar-refractivity contribution in [2.75, 3.05) is 38.6 Å². The number of likely N-dealkylation sites (tertiary alicyclic amines) is 1. The molecule has 7 rings (SSSR count). The maximum Gasteiger partial charge on any atom is 0.178 e. The Kier molecular flexibility index (Phi) is 6.83. The molecule has 0 spiro atoms. The summed E-state index contributed by atoms with van der Waals surface area (Å²) in [7, 11) is 3.96. The molecule has 0 aliphatic carbocycles. The number of H-pyrrole nitrogens is 2. The van der Waals surface area contributed by atoms with E-state index in [0.717, 1.165) is 69.4 Å². The lowest BCUT2D eigenvalue weighted by Crippen LogP contribution is -2.20. The Labute approximate surface area is 242 Å². The molecule has 1 saturated heterocycles. The molecule has 1 aliphatic heterocycles. The van der Waals surface area contributed by atoms with Crippen molar-refractivity contribution in [2.45, 2.75) is 25.7 Å². The summed E-state index contributed by atoms with van der Waals surface area (Å²) in [6.45, 7) is 3.41. The predicted octanol–water partition coefficient (Wildman–Crippen LogP) is 5.86. The second kappa shape index (κ2) is 10.9. The van der Waals surface area contributed by atoms with Gasteiger partial charge in [-0.1, -0.05) is 6.07 Å². The van der Waals surface area contributed by atoms with Crippen molar-refractivity contribution in [3.8, 4) is 33.9 Å². The molecule has 5 aromatic heterocycles. The minimum absolute atomic E-state index is 0.237. The Bertz CT molecular complexity index is 1880. The van der Waals surface area contributed by atoms with Crippen LogP contribution in [-0.4, -0.2) is 73.7 Å². The molecule has 42 heavy (non-hydrogen) atoms. The molecule has 0 unspecified atom stereocenters. The van der Waals surface area contributed by atoms with Crippen molar-refractivity contribution in [1.82, 2.24) is 40.0 Å². The van der Waals surface area contributed by atoms with Crippen LogP contribution in [0.5, 0.6) is 0 Å². The van der Waals surface area contributed by atoms with E-state index in [0.29, 0.717) is 17.2 Å². The summed E-state index contributed by atoms with van der Waals surface area (Å²) < 4.78 is 14.8. The number of anilines is 1. The van der Waals surface area contributed by atoms with Gasteiger partial charge in [-0.15, -0.1) is 0 Å². The van der Waals surface area contributed by atoms with E-state index < -0.39 is 0 Å². The Morgan fingerprint density at radius 1 is 0.976 bits per heavy atom. The standard InChI is InChI=1S/C32H32FN9/c1-41(2)24-15-22(17-34-18-24)27-16-26-28(19-36-27)39-40-30(26)32-37-29-25(7-8-35-31(29)38-32)21-12-20(13-23(33)14-21)6-5-11-42-9-3-4-10-42/h7-8,12-19H,3-6,9-11H2,1-2H3,(H,39,40)(H,35,37,38). The number of aromatic nitrogens is 7. The molecule has 2 N–H and O–H groups in total. The summed E-state index contributed by atoms with van der Waals surface area (Å²) in [4.78, 5) is 26.2. The highest BCUT2D eigenvalue weighted by atomic mass is 19.1. The molecule has 0 amide bonds. The molecule has 1 fully saturated rings. The Balaban J connectivity index is 1.22. The van der Waals surface area contributed by atoms with Crippen molar-refractivity contribution >= 4 is 27.8 Å². The van der Waals surface area contributed by atoms with Gasteiger partial charge < -0.3 is 14.8 Å². The Hall–Kier alpha value is -4.70. The number of pyridine rings is 3. The molecular weight excluding hydrogens is 529 g/mol. The molecule has 1 aromatic carbocycles. The minimum Gasteiger partial charge on any atom is -0.376 e. The molecule has 9 nitrogen and oxygen atoms in total. The van der Waals surface area contributed by atoms with Crippen molar-refractivity contribution in [3.05, 3.63) is 72.6 Å². The monoisotopic (exact) mass is 561 g/mol. The van der Waals surface area contributed by atoms with Gasteiger partial charge in [0, 0.05) is 43.0 Å². The summed E-state index contributed by atoms with van der Waals surface area (Å²) in [5.41, 5.74) is 8.10. The van der Waals surface area contributed by atoms with Crippen molar-refractivity contribution in [1.29, 1.82) is 0 Å². The molecule has 0 radical (unpaired) electrons. The minimum atomic E-state index is -0.237. The van der Waals surface area contributed by atoms with E-state index >= 15 is 0 Å². The van der Waals surface area contributed by atoms with Gasteiger partial charge in [0.2, 0.25) is 0 Å². The van der Waals surface area contributed by atoms with Crippen LogP contribution in [0, 0.1) is 5.82 Å². The average Bonchev–Trinajstić information content (AvgIpc) is 3.76. The van der Waals surface area contributed by atoms with Crippen LogP contribution in [0.25, 0.3) is 56.0 Å². The van der Waals surface area contributed by atoms with Gasteiger partial charge in [0.05, 0.1) is 34.8 Å². The first kappa shape index (κ1) is 26.2. The zero-order valence-electron chi connectivity index (χ0n) is 23.7. The first-order valence-electron chi connectivity index (χ1n) is 14.4. The SMILES string of the molecule is CN(C)c1cncc(-c2cc3c(-c4nc5nccc(-c6cc(F)cc(CCCN7CCCC7)c6)c5[nH]4)n[nH]c3cn2)c1. The number of nitrogens with one attached hydrogen (secondary N) is 2. The summed E-state index contributed by atoms with van der Waals surface area (Å²) in [5.74, 6) is 0.343. The maximum absolute atomic E-state index is 14.8. The van der Waals surface area contributed by atoms with Crippen LogP contribution < -0.4 is 4.90 Å². The number of imidazole rings is 1. The zero-order valence-corrected chi connectivity index (χ0v) is 23.7. The highest BCUT2D eigenvalue weighted by Crippen LogP contribution is 2.33. The fourth-order valence-electron chi connectivity index (χ4n) is 5.79. The van der Waals surface area contributed by atoms with Crippen LogP contribution in [0.1, 0.15) is 24.8 Å². The molecule has 0 bridgehead atoms. The van der Waals surface area contributed by atoms with E-state index in [9.17, 15) is 4.39 Å². The summed E-state index contributed by atoms with van der Waals surface area (Å²) in [5, 5.41) is 8.51. The smallest absolute Gasteiger partial charge is 0.178 e. The maximum atomic E-state index is 14.8. The lowest BCUT2D eigenvalue weighted by atomic mass is 10.0. The number of nitrogens with zero attached hydrogens (tertiary/aromatic N) is 7. The Morgan fingerprint density at radius 2 is 1.86 bits per heavy atom. The summed E-state index contributed by atoms with van der Waals surface area (Å²) >= 11 is 0. The van der Waals surface area contributed by atoms with Crippen molar-refractivity contribution in [3.63, 3.8) is 0 Å². The van der Waals surface area contributed by atoms with Gasteiger partial charge in [0.15, 0.2) is 11.5 Å². The number of fused-ring (bicyclic) bond motifs is 2. The van der Waals surface area contributed by atoms with E-state index in [4.69, 9.17) is 4.98 Å². The predicted molar refractivity (Wildman–Crippen MR) is 164 cm³/mol. The van der Waals surface area contributed by atoms with E-state index in [1.807, 2.05) is 37.3 Å². The van der Waals surface area contributed by atoms with Gasteiger partial charge in [0.25, 0.3) is 0 Å². The fourth-order valence-corrected chi connectivity index (χ4v) is 5.79. The number of aromatic amines is 2. The molecular formula is C32H32FN9. The van der Waals surface area contributed by atoms with Crippen LogP contribution in [0.15, 0.2) is 61.2 Å².